The summed E-state index contributed by atoms with van der Waals surface area (Å²) in [7, 11) is 0. The van der Waals surface area contributed by atoms with Gasteiger partial charge < -0.3 is 10.6 Å². The predicted molar refractivity (Wildman–Crippen MR) is 79.8 cm³/mol. The third-order valence-electron chi connectivity index (χ3n) is 3.08. The van der Waals surface area contributed by atoms with Crippen molar-refractivity contribution < 1.29 is 4.79 Å². The number of hydrogen-bond donors (Lipinski definition) is 2. The van der Waals surface area contributed by atoms with Crippen molar-refractivity contribution in [2.45, 2.75) is 31.8 Å². The van der Waals surface area contributed by atoms with Gasteiger partial charge in [0, 0.05) is 26.6 Å². The second kappa shape index (κ2) is 6.17. The zero-order valence-electron chi connectivity index (χ0n) is 10.2. The first kappa shape index (κ1) is 14.0. The average Bonchev–Trinajstić information content (AvgIpc) is 2.27. The number of carbonyl (C=O) groups is 1. The highest BCUT2D eigenvalue weighted by Gasteiger charge is 2.20. The number of amides is 1. The fourth-order valence-electron chi connectivity index (χ4n) is 2.22. The zero-order valence-corrected chi connectivity index (χ0v) is 13.3. The lowest BCUT2D eigenvalue weighted by Crippen LogP contribution is -2.46. The van der Waals surface area contributed by atoms with Gasteiger partial charge in [-0.1, -0.05) is 31.9 Å². The molecule has 0 spiro atoms. The highest BCUT2D eigenvalue weighted by molar-refractivity contribution is 9.11. The van der Waals surface area contributed by atoms with Crippen LogP contribution in [-0.2, 0) is 0 Å². The Kier molecular flexibility index (Phi) is 4.81. The van der Waals surface area contributed by atoms with Crippen molar-refractivity contribution in [3.8, 4) is 0 Å². The number of nitrogens with one attached hydrogen (secondary N) is 2. The Morgan fingerprint density at radius 3 is 2.61 bits per heavy atom. The van der Waals surface area contributed by atoms with Crippen LogP contribution in [0.2, 0.25) is 0 Å². The van der Waals surface area contributed by atoms with E-state index in [-0.39, 0.29) is 11.9 Å². The summed E-state index contributed by atoms with van der Waals surface area (Å²) in [6, 6.07) is 6.34. The first-order chi connectivity index (χ1) is 8.54. The Hall–Kier alpha value is -0.390. The van der Waals surface area contributed by atoms with Gasteiger partial charge in [0.1, 0.15) is 0 Å². The van der Waals surface area contributed by atoms with Crippen molar-refractivity contribution in [2.24, 2.45) is 0 Å². The van der Waals surface area contributed by atoms with Gasteiger partial charge in [0.05, 0.1) is 0 Å². The van der Waals surface area contributed by atoms with Gasteiger partial charge in [0.25, 0.3) is 5.91 Å². The van der Waals surface area contributed by atoms with Crippen LogP contribution in [0.1, 0.15) is 30.1 Å². The fourth-order valence-corrected chi connectivity index (χ4v) is 3.51. The van der Waals surface area contributed by atoms with Gasteiger partial charge in [-0.05, 0) is 44.5 Å². The van der Waals surface area contributed by atoms with Crippen molar-refractivity contribution in [3.63, 3.8) is 0 Å². The van der Waals surface area contributed by atoms with E-state index in [9.17, 15) is 4.79 Å². The summed E-state index contributed by atoms with van der Waals surface area (Å²) in [6.07, 6.45) is 1.98. The number of benzene rings is 1. The Bertz CT molecular complexity index is 430. The molecule has 0 aliphatic carbocycles. The molecule has 5 heteroatoms. The highest BCUT2D eigenvalue weighted by atomic mass is 79.9. The molecule has 0 saturated carbocycles. The third-order valence-corrected chi connectivity index (χ3v) is 4.00. The molecule has 1 aliphatic heterocycles. The van der Waals surface area contributed by atoms with E-state index in [1.165, 1.54) is 0 Å². The molecule has 2 N–H and O–H groups in total. The monoisotopic (exact) mass is 374 g/mol. The van der Waals surface area contributed by atoms with E-state index >= 15 is 0 Å². The topological polar surface area (TPSA) is 41.1 Å². The Morgan fingerprint density at radius 2 is 2.00 bits per heavy atom. The van der Waals surface area contributed by atoms with Crippen LogP contribution >= 0.6 is 31.9 Å². The summed E-state index contributed by atoms with van der Waals surface area (Å²) in [5.74, 6) is -0.00361. The van der Waals surface area contributed by atoms with E-state index in [0.717, 1.165) is 28.3 Å². The molecule has 1 aromatic carbocycles. The molecule has 2 atom stereocenters. The van der Waals surface area contributed by atoms with E-state index in [2.05, 4.69) is 49.4 Å². The standard InChI is InChI=1S/C13H16Br2N2O/c1-8-4-12(2-3-16-8)17-13(18)9-5-10(14)7-11(15)6-9/h5-8,12,16H,2-4H2,1H3,(H,17,18). The van der Waals surface area contributed by atoms with Crippen LogP contribution in [0.5, 0.6) is 0 Å². The summed E-state index contributed by atoms with van der Waals surface area (Å²) in [5, 5.41) is 6.48. The Labute approximate surface area is 124 Å². The van der Waals surface area contributed by atoms with Crippen LogP contribution in [-0.4, -0.2) is 24.5 Å². The van der Waals surface area contributed by atoms with E-state index in [1.807, 2.05) is 18.2 Å². The number of halogens is 2. The lowest BCUT2D eigenvalue weighted by atomic mass is 10.0. The second-order valence-electron chi connectivity index (χ2n) is 4.71. The SMILES string of the molecule is CC1CC(NC(=O)c2cc(Br)cc(Br)c2)CCN1. The fraction of sp³-hybridized carbons (Fsp3) is 0.462. The van der Waals surface area contributed by atoms with E-state index in [0.29, 0.717) is 11.6 Å². The first-order valence-electron chi connectivity index (χ1n) is 6.05. The van der Waals surface area contributed by atoms with E-state index < -0.39 is 0 Å². The van der Waals surface area contributed by atoms with Gasteiger partial charge in [-0.2, -0.15) is 0 Å². The molecule has 18 heavy (non-hydrogen) atoms. The van der Waals surface area contributed by atoms with Gasteiger partial charge in [0.15, 0.2) is 0 Å². The molecule has 1 fully saturated rings. The van der Waals surface area contributed by atoms with Gasteiger partial charge >= 0.3 is 0 Å². The molecule has 1 amide bonds. The summed E-state index contributed by atoms with van der Waals surface area (Å²) in [6.45, 7) is 3.11. The summed E-state index contributed by atoms with van der Waals surface area (Å²) in [5.41, 5.74) is 0.683. The third kappa shape index (κ3) is 3.80. The molecular weight excluding hydrogens is 360 g/mol. The molecule has 98 valence electrons. The van der Waals surface area contributed by atoms with Gasteiger partial charge in [-0.3, -0.25) is 4.79 Å². The molecule has 1 saturated heterocycles. The molecule has 0 aromatic heterocycles. The smallest absolute Gasteiger partial charge is 0.251 e. The molecule has 1 heterocycles. The minimum atomic E-state index is -0.00361. The maximum atomic E-state index is 12.2. The Balaban J connectivity index is 2.02. The minimum absolute atomic E-state index is 0.00361. The number of hydrogen-bond acceptors (Lipinski definition) is 2. The molecule has 1 aliphatic rings. The van der Waals surface area contributed by atoms with Crippen LogP contribution in [0.3, 0.4) is 0 Å². The van der Waals surface area contributed by atoms with Crippen molar-refractivity contribution in [2.75, 3.05) is 6.54 Å². The zero-order chi connectivity index (χ0) is 13.1. The quantitative estimate of drug-likeness (QED) is 0.833. The van der Waals surface area contributed by atoms with Gasteiger partial charge in [-0.25, -0.2) is 0 Å². The Morgan fingerprint density at radius 1 is 1.33 bits per heavy atom. The first-order valence-corrected chi connectivity index (χ1v) is 7.63. The largest absolute Gasteiger partial charge is 0.349 e. The normalized spacial score (nSPS) is 23.7. The van der Waals surface area contributed by atoms with Crippen molar-refractivity contribution >= 4 is 37.8 Å². The lowest BCUT2D eigenvalue weighted by Gasteiger charge is -2.28. The lowest BCUT2D eigenvalue weighted by molar-refractivity contribution is 0.0925. The minimum Gasteiger partial charge on any atom is -0.349 e. The van der Waals surface area contributed by atoms with Crippen molar-refractivity contribution in [1.29, 1.82) is 0 Å². The van der Waals surface area contributed by atoms with Crippen LogP contribution in [0.15, 0.2) is 27.1 Å². The maximum absolute atomic E-state index is 12.2. The van der Waals surface area contributed by atoms with Crippen molar-refractivity contribution in [3.05, 3.63) is 32.7 Å². The van der Waals surface area contributed by atoms with Crippen LogP contribution in [0.25, 0.3) is 0 Å². The molecule has 3 nitrogen and oxygen atoms in total. The highest BCUT2D eigenvalue weighted by Crippen LogP contribution is 2.20. The molecular formula is C13H16Br2N2O. The van der Waals surface area contributed by atoms with Crippen LogP contribution in [0, 0.1) is 0 Å². The van der Waals surface area contributed by atoms with E-state index in [4.69, 9.17) is 0 Å². The van der Waals surface area contributed by atoms with E-state index in [1.54, 1.807) is 0 Å². The van der Waals surface area contributed by atoms with Crippen LogP contribution in [0.4, 0.5) is 0 Å². The number of piperidine rings is 1. The van der Waals surface area contributed by atoms with Gasteiger partial charge in [-0.15, -0.1) is 0 Å². The number of rotatable bonds is 2. The van der Waals surface area contributed by atoms with Crippen LogP contribution < -0.4 is 10.6 Å². The van der Waals surface area contributed by atoms with Gasteiger partial charge in [0.2, 0.25) is 0 Å². The molecule has 1 aromatic rings. The number of carbonyl (C=O) groups excluding carboxylic acids is 1. The second-order valence-corrected chi connectivity index (χ2v) is 6.54. The molecule has 2 rings (SSSR count). The summed E-state index contributed by atoms with van der Waals surface area (Å²) in [4.78, 5) is 12.2. The maximum Gasteiger partial charge on any atom is 0.251 e. The summed E-state index contributed by atoms with van der Waals surface area (Å²) < 4.78 is 1.81. The average molecular weight is 376 g/mol. The predicted octanol–water partition coefficient (Wildman–Crippen LogP) is 3.08. The molecule has 2 unspecified atom stereocenters. The summed E-state index contributed by atoms with van der Waals surface area (Å²) >= 11 is 6.79. The molecule has 0 bridgehead atoms. The van der Waals surface area contributed by atoms with Crippen molar-refractivity contribution in [1.82, 2.24) is 10.6 Å². The molecule has 0 radical (unpaired) electrons.